The smallest absolute Gasteiger partial charge is 0.325 e. The summed E-state index contributed by atoms with van der Waals surface area (Å²) in [5.74, 6) is -0.261. The third-order valence-electron chi connectivity index (χ3n) is 2.95. The Bertz CT molecular complexity index is 578. The van der Waals surface area contributed by atoms with Gasteiger partial charge >= 0.3 is 5.97 Å². The Balaban J connectivity index is 2.35. The van der Waals surface area contributed by atoms with Crippen molar-refractivity contribution in [3.63, 3.8) is 0 Å². The molecule has 4 heteroatoms. The number of nitrogens with two attached hydrogens (primary N) is 1. The Morgan fingerprint density at radius 2 is 1.79 bits per heavy atom. The summed E-state index contributed by atoms with van der Waals surface area (Å²) in [6.07, 6.45) is 0. The highest BCUT2D eigenvalue weighted by molar-refractivity contribution is 5.76. The van der Waals surface area contributed by atoms with Crippen LogP contribution in [0.3, 0.4) is 0 Å². The van der Waals surface area contributed by atoms with Crippen LogP contribution in [0.15, 0.2) is 48.5 Å². The molecule has 1 atom stereocenters. The van der Waals surface area contributed by atoms with Crippen molar-refractivity contribution in [2.45, 2.75) is 6.04 Å². The zero-order valence-corrected chi connectivity index (χ0v) is 10.5. The highest BCUT2D eigenvalue weighted by Crippen LogP contribution is 2.30. The molecule has 0 aromatic heterocycles. The first-order chi connectivity index (χ1) is 9.13. The van der Waals surface area contributed by atoms with Crippen LogP contribution < -0.4 is 10.5 Å². The molecule has 19 heavy (non-hydrogen) atoms. The van der Waals surface area contributed by atoms with Crippen molar-refractivity contribution in [2.75, 3.05) is 7.11 Å². The molecule has 0 heterocycles. The zero-order valence-electron chi connectivity index (χ0n) is 10.5. The summed E-state index contributed by atoms with van der Waals surface area (Å²) < 4.78 is 5.30. The standard InChI is InChI=1S/C15H15NO3/c1-19-13-5-3-2-4-12(13)10-6-8-11(9-7-10)14(16)15(17)18/h2-9,14H,16H2,1H3,(H,17,18). The number of carbonyl (C=O) groups is 1. The average molecular weight is 257 g/mol. The number of benzene rings is 2. The SMILES string of the molecule is COc1ccccc1-c1ccc(C(N)C(=O)O)cc1. The van der Waals surface area contributed by atoms with Gasteiger partial charge in [0.05, 0.1) is 7.11 Å². The van der Waals surface area contributed by atoms with Gasteiger partial charge in [-0.25, -0.2) is 0 Å². The molecule has 0 saturated heterocycles. The monoisotopic (exact) mass is 257 g/mol. The zero-order chi connectivity index (χ0) is 13.8. The summed E-state index contributed by atoms with van der Waals surface area (Å²) in [6, 6.07) is 13.8. The van der Waals surface area contributed by atoms with Gasteiger partial charge in [-0.1, -0.05) is 42.5 Å². The van der Waals surface area contributed by atoms with E-state index in [4.69, 9.17) is 15.6 Å². The van der Waals surface area contributed by atoms with Gasteiger partial charge in [-0.05, 0) is 17.2 Å². The lowest BCUT2D eigenvalue weighted by Crippen LogP contribution is -2.20. The van der Waals surface area contributed by atoms with E-state index in [1.54, 1.807) is 19.2 Å². The highest BCUT2D eigenvalue weighted by Gasteiger charge is 2.14. The van der Waals surface area contributed by atoms with Gasteiger partial charge < -0.3 is 15.6 Å². The molecule has 0 amide bonds. The molecule has 0 saturated carbocycles. The highest BCUT2D eigenvalue weighted by atomic mass is 16.5. The van der Waals surface area contributed by atoms with Crippen LogP contribution in [0.5, 0.6) is 5.75 Å². The molecule has 0 spiro atoms. The van der Waals surface area contributed by atoms with Crippen molar-refractivity contribution < 1.29 is 14.6 Å². The topological polar surface area (TPSA) is 72.5 Å². The first-order valence-corrected chi connectivity index (χ1v) is 5.85. The summed E-state index contributed by atoms with van der Waals surface area (Å²) in [6.45, 7) is 0. The summed E-state index contributed by atoms with van der Waals surface area (Å²) in [5.41, 5.74) is 8.05. The number of rotatable bonds is 4. The molecule has 0 radical (unpaired) electrons. The van der Waals surface area contributed by atoms with Crippen molar-refractivity contribution >= 4 is 5.97 Å². The lowest BCUT2D eigenvalue weighted by Gasteiger charge is -2.10. The second-order valence-corrected chi connectivity index (χ2v) is 4.14. The van der Waals surface area contributed by atoms with Crippen LogP contribution in [-0.2, 0) is 4.79 Å². The van der Waals surface area contributed by atoms with E-state index in [1.165, 1.54) is 0 Å². The van der Waals surface area contributed by atoms with Crippen LogP contribution in [-0.4, -0.2) is 18.2 Å². The number of hydrogen-bond acceptors (Lipinski definition) is 3. The predicted octanol–water partition coefficient (Wildman–Crippen LogP) is 2.45. The number of hydrogen-bond donors (Lipinski definition) is 2. The quantitative estimate of drug-likeness (QED) is 0.882. The normalized spacial score (nSPS) is 11.9. The molecule has 3 N–H and O–H groups in total. The lowest BCUT2D eigenvalue weighted by molar-refractivity contribution is -0.138. The van der Waals surface area contributed by atoms with E-state index in [1.807, 2.05) is 36.4 Å². The van der Waals surface area contributed by atoms with Crippen LogP contribution in [0.2, 0.25) is 0 Å². The van der Waals surface area contributed by atoms with Gasteiger partial charge in [-0.2, -0.15) is 0 Å². The van der Waals surface area contributed by atoms with Gasteiger partial charge in [0.15, 0.2) is 0 Å². The van der Waals surface area contributed by atoms with Crippen molar-refractivity contribution in [3.05, 3.63) is 54.1 Å². The van der Waals surface area contributed by atoms with E-state index in [0.29, 0.717) is 5.56 Å². The molecule has 0 aliphatic carbocycles. The van der Waals surface area contributed by atoms with Crippen LogP contribution in [0, 0.1) is 0 Å². The maximum Gasteiger partial charge on any atom is 0.325 e. The van der Waals surface area contributed by atoms with Gasteiger partial charge in [0.2, 0.25) is 0 Å². The van der Waals surface area contributed by atoms with E-state index in [0.717, 1.165) is 16.9 Å². The predicted molar refractivity (Wildman–Crippen MR) is 73.0 cm³/mol. The van der Waals surface area contributed by atoms with E-state index >= 15 is 0 Å². The first-order valence-electron chi connectivity index (χ1n) is 5.85. The Labute approximate surface area is 111 Å². The van der Waals surface area contributed by atoms with E-state index < -0.39 is 12.0 Å². The molecule has 0 aliphatic heterocycles. The maximum atomic E-state index is 10.8. The molecule has 2 aromatic rings. The van der Waals surface area contributed by atoms with E-state index in [2.05, 4.69) is 0 Å². The summed E-state index contributed by atoms with van der Waals surface area (Å²) >= 11 is 0. The third-order valence-corrected chi connectivity index (χ3v) is 2.95. The minimum absolute atomic E-state index is 0.575. The van der Waals surface area contributed by atoms with Crippen molar-refractivity contribution in [1.29, 1.82) is 0 Å². The Hall–Kier alpha value is -2.33. The van der Waals surface area contributed by atoms with E-state index in [9.17, 15) is 4.79 Å². The van der Waals surface area contributed by atoms with E-state index in [-0.39, 0.29) is 0 Å². The molecule has 0 bridgehead atoms. The van der Waals surface area contributed by atoms with Gasteiger partial charge in [0, 0.05) is 5.56 Å². The summed E-state index contributed by atoms with van der Waals surface area (Å²) in [7, 11) is 1.62. The molecule has 4 nitrogen and oxygen atoms in total. The Morgan fingerprint density at radius 1 is 1.16 bits per heavy atom. The second kappa shape index (κ2) is 5.54. The minimum Gasteiger partial charge on any atom is -0.496 e. The second-order valence-electron chi connectivity index (χ2n) is 4.14. The fourth-order valence-electron chi connectivity index (χ4n) is 1.90. The summed E-state index contributed by atoms with van der Waals surface area (Å²) in [4.78, 5) is 10.8. The number of methoxy groups -OCH3 is 1. The average Bonchev–Trinajstić information content (AvgIpc) is 2.46. The molecule has 0 fully saturated rings. The van der Waals surface area contributed by atoms with Crippen molar-refractivity contribution in [2.24, 2.45) is 5.73 Å². The van der Waals surface area contributed by atoms with Crippen molar-refractivity contribution in [1.82, 2.24) is 0 Å². The Kier molecular flexibility index (Phi) is 3.82. The fraction of sp³-hybridized carbons (Fsp3) is 0.133. The molecule has 2 rings (SSSR count). The molecular formula is C15H15NO3. The number of ether oxygens (including phenoxy) is 1. The molecule has 0 aliphatic rings. The molecule has 2 aromatic carbocycles. The molecule has 1 unspecified atom stereocenters. The van der Waals surface area contributed by atoms with Gasteiger partial charge in [-0.3, -0.25) is 4.79 Å². The number of para-hydroxylation sites is 1. The Morgan fingerprint density at radius 3 is 2.37 bits per heavy atom. The van der Waals surface area contributed by atoms with Crippen LogP contribution in [0.25, 0.3) is 11.1 Å². The third kappa shape index (κ3) is 2.74. The number of aliphatic carboxylic acids is 1. The maximum absolute atomic E-state index is 10.8. The molecular weight excluding hydrogens is 242 g/mol. The number of carboxylic acid groups (broad SMARTS) is 1. The van der Waals surface area contributed by atoms with Gasteiger partial charge in [-0.15, -0.1) is 0 Å². The van der Waals surface area contributed by atoms with Crippen LogP contribution in [0.1, 0.15) is 11.6 Å². The molecule has 98 valence electrons. The van der Waals surface area contributed by atoms with Gasteiger partial charge in [0.1, 0.15) is 11.8 Å². The lowest BCUT2D eigenvalue weighted by atomic mass is 10.0. The fourth-order valence-corrected chi connectivity index (χ4v) is 1.90. The van der Waals surface area contributed by atoms with Gasteiger partial charge in [0.25, 0.3) is 0 Å². The van der Waals surface area contributed by atoms with Crippen molar-refractivity contribution in [3.8, 4) is 16.9 Å². The minimum atomic E-state index is -1.04. The summed E-state index contributed by atoms with van der Waals surface area (Å²) in [5, 5.41) is 8.86. The van der Waals surface area contributed by atoms with Crippen LogP contribution >= 0.6 is 0 Å². The number of carboxylic acids is 1. The van der Waals surface area contributed by atoms with Crippen LogP contribution in [0.4, 0.5) is 0 Å². The first kappa shape index (κ1) is 13.1. The largest absolute Gasteiger partial charge is 0.496 e.